The summed E-state index contributed by atoms with van der Waals surface area (Å²) in [6.45, 7) is 4.49. The molecule has 8 heteroatoms. The summed E-state index contributed by atoms with van der Waals surface area (Å²) in [6.07, 6.45) is 1.91. The Labute approximate surface area is 99.9 Å². The normalized spacial score (nSPS) is 11.9. The molecule has 16 heavy (non-hydrogen) atoms. The van der Waals surface area contributed by atoms with E-state index in [9.17, 15) is 8.42 Å². The third-order valence-electron chi connectivity index (χ3n) is 2.12. The first-order chi connectivity index (χ1) is 7.54. The number of hydrogen-bond acceptors (Lipinski definition) is 5. The fourth-order valence-corrected chi connectivity index (χ4v) is 2.33. The van der Waals surface area contributed by atoms with Gasteiger partial charge >= 0.3 is 0 Å². The second-order valence-corrected chi connectivity index (χ2v) is 5.94. The first kappa shape index (κ1) is 13.5. The Hall–Kier alpha value is -0.600. The van der Waals surface area contributed by atoms with E-state index in [0.29, 0.717) is 5.82 Å². The van der Waals surface area contributed by atoms with Crippen molar-refractivity contribution in [2.24, 2.45) is 0 Å². The summed E-state index contributed by atoms with van der Waals surface area (Å²) >= 11 is 1.49. The minimum Gasteiger partial charge on any atom is -0.305 e. The van der Waals surface area contributed by atoms with E-state index in [1.807, 2.05) is 17.7 Å². The van der Waals surface area contributed by atoms with E-state index in [1.54, 1.807) is 6.92 Å². The van der Waals surface area contributed by atoms with E-state index in [-0.39, 0.29) is 12.3 Å². The molecule has 1 heterocycles. The Bertz CT molecular complexity index is 441. The maximum Gasteiger partial charge on any atom is 0.211 e. The first-order valence-corrected chi connectivity index (χ1v) is 7.85. The predicted molar refractivity (Wildman–Crippen MR) is 63.8 cm³/mol. The zero-order chi connectivity index (χ0) is 12.2. The number of sulfonamides is 1. The average molecular weight is 264 g/mol. The molecule has 0 atom stereocenters. The van der Waals surface area contributed by atoms with Crippen molar-refractivity contribution in [3.05, 3.63) is 5.82 Å². The van der Waals surface area contributed by atoms with E-state index in [4.69, 9.17) is 0 Å². The van der Waals surface area contributed by atoms with Crippen LogP contribution in [0.4, 0.5) is 0 Å². The van der Waals surface area contributed by atoms with Gasteiger partial charge in [0, 0.05) is 6.54 Å². The Morgan fingerprint density at radius 3 is 2.56 bits per heavy atom. The Morgan fingerprint density at radius 1 is 1.38 bits per heavy atom. The van der Waals surface area contributed by atoms with Gasteiger partial charge in [-0.25, -0.2) is 13.1 Å². The van der Waals surface area contributed by atoms with Gasteiger partial charge in [0.1, 0.15) is 5.82 Å². The molecule has 0 spiro atoms. The Morgan fingerprint density at radius 2 is 2.06 bits per heavy atom. The van der Waals surface area contributed by atoms with Gasteiger partial charge < -0.3 is 4.57 Å². The molecule has 0 aliphatic rings. The number of nitrogens with zero attached hydrogens (tertiary/aromatic N) is 3. The van der Waals surface area contributed by atoms with Crippen LogP contribution in [0.5, 0.6) is 0 Å². The third kappa shape index (κ3) is 3.19. The van der Waals surface area contributed by atoms with Crippen LogP contribution in [-0.4, -0.2) is 35.2 Å². The van der Waals surface area contributed by atoms with Gasteiger partial charge in [-0.2, -0.15) is 0 Å². The van der Waals surface area contributed by atoms with Crippen molar-refractivity contribution in [1.82, 2.24) is 19.5 Å². The fraction of sp³-hybridized carbons (Fsp3) is 0.750. The standard InChI is InChI=1S/C8H16N4O2S2/c1-4-12-7(10-11-8(12)15-3)6-9-16(13,14)5-2/h9H,4-6H2,1-3H3. The van der Waals surface area contributed by atoms with Crippen LogP contribution in [0.25, 0.3) is 0 Å². The van der Waals surface area contributed by atoms with Crippen molar-refractivity contribution >= 4 is 21.8 Å². The Kier molecular flexibility index (Phi) is 4.75. The molecule has 0 amide bonds. The lowest BCUT2D eigenvalue weighted by Crippen LogP contribution is -2.26. The monoisotopic (exact) mass is 264 g/mol. The largest absolute Gasteiger partial charge is 0.305 e. The van der Waals surface area contributed by atoms with Crippen LogP contribution in [0.1, 0.15) is 19.7 Å². The third-order valence-corrected chi connectivity index (χ3v) is 4.13. The zero-order valence-electron chi connectivity index (χ0n) is 9.60. The molecule has 0 unspecified atom stereocenters. The number of rotatable bonds is 6. The number of thioether (sulfide) groups is 1. The van der Waals surface area contributed by atoms with Crippen LogP contribution in [0.15, 0.2) is 5.16 Å². The minimum absolute atomic E-state index is 0.0721. The van der Waals surface area contributed by atoms with Crippen LogP contribution >= 0.6 is 11.8 Å². The van der Waals surface area contributed by atoms with Crippen molar-refractivity contribution in [1.29, 1.82) is 0 Å². The van der Waals surface area contributed by atoms with Crippen LogP contribution in [-0.2, 0) is 23.1 Å². The molecule has 0 aliphatic carbocycles. The molecule has 0 radical (unpaired) electrons. The van der Waals surface area contributed by atoms with Gasteiger partial charge in [-0.3, -0.25) is 0 Å². The van der Waals surface area contributed by atoms with Crippen LogP contribution in [0.3, 0.4) is 0 Å². The minimum atomic E-state index is -3.18. The van der Waals surface area contributed by atoms with Crippen LogP contribution in [0.2, 0.25) is 0 Å². The number of nitrogens with one attached hydrogen (secondary N) is 1. The van der Waals surface area contributed by atoms with Gasteiger partial charge in [0.15, 0.2) is 5.16 Å². The molecular weight excluding hydrogens is 248 g/mol. The van der Waals surface area contributed by atoms with Crippen molar-refractivity contribution in [3.8, 4) is 0 Å². The van der Waals surface area contributed by atoms with Gasteiger partial charge in [0.25, 0.3) is 0 Å². The molecule has 1 N–H and O–H groups in total. The molecule has 0 saturated heterocycles. The topological polar surface area (TPSA) is 76.9 Å². The molecule has 0 bridgehead atoms. The van der Waals surface area contributed by atoms with Gasteiger partial charge in [0.2, 0.25) is 10.0 Å². The SMILES string of the molecule is CCn1c(CNS(=O)(=O)CC)nnc1SC. The maximum absolute atomic E-state index is 11.3. The summed E-state index contributed by atoms with van der Waals surface area (Å²) in [5, 5.41) is 8.73. The van der Waals surface area contributed by atoms with Gasteiger partial charge in [0.05, 0.1) is 12.3 Å². The molecule has 6 nitrogen and oxygen atoms in total. The van der Waals surface area contributed by atoms with Crippen molar-refractivity contribution in [2.75, 3.05) is 12.0 Å². The van der Waals surface area contributed by atoms with Crippen molar-refractivity contribution < 1.29 is 8.42 Å². The fourth-order valence-electron chi connectivity index (χ4n) is 1.20. The summed E-state index contributed by atoms with van der Waals surface area (Å²) in [7, 11) is -3.18. The quantitative estimate of drug-likeness (QED) is 0.755. The van der Waals surface area contributed by atoms with Gasteiger partial charge in [-0.15, -0.1) is 10.2 Å². The highest BCUT2D eigenvalue weighted by Gasteiger charge is 2.12. The molecule has 0 aliphatic heterocycles. The predicted octanol–water partition coefficient (Wildman–Crippen LogP) is 0.459. The van der Waals surface area contributed by atoms with E-state index in [2.05, 4.69) is 14.9 Å². The van der Waals surface area contributed by atoms with E-state index < -0.39 is 10.0 Å². The number of aromatic nitrogens is 3. The summed E-state index contributed by atoms with van der Waals surface area (Å²) in [4.78, 5) is 0. The first-order valence-electron chi connectivity index (χ1n) is 4.97. The summed E-state index contributed by atoms with van der Waals surface area (Å²) < 4.78 is 26.9. The molecule has 0 aromatic carbocycles. The van der Waals surface area contributed by atoms with Crippen molar-refractivity contribution in [2.45, 2.75) is 32.1 Å². The maximum atomic E-state index is 11.3. The second-order valence-electron chi connectivity index (χ2n) is 3.07. The van der Waals surface area contributed by atoms with E-state index in [1.165, 1.54) is 11.8 Å². The molecule has 1 aromatic heterocycles. The highest BCUT2D eigenvalue weighted by atomic mass is 32.2. The van der Waals surface area contributed by atoms with E-state index in [0.717, 1.165) is 11.7 Å². The van der Waals surface area contributed by atoms with Gasteiger partial charge in [-0.1, -0.05) is 11.8 Å². The lowest BCUT2D eigenvalue weighted by atomic mass is 10.6. The summed E-state index contributed by atoms with van der Waals surface area (Å²) in [6, 6.07) is 0. The van der Waals surface area contributed by atoms with Crippen molar-refractivity contribution in [3.63, 3.8) is 0 Å². The molecule has 1 aromatic rings. The highest BCUT2D eigenvalue weighted by molar-refractivity contribution is 7.98. The molecular formula is C8H16N4O2S2. The summed E-state index contributed by atoms with van der Waals surface area (Å²) in [5.74, 6) is 0.715. The van der Waals surface area contributed by atoms with Gasteiger partial charge in [-0.05, 0) is 20.1 Å². The smallest absolute Gasteiger partial charge is 0.211 e. The zero-order valence-corrected chi connectivity index (χ0v) is 11.2. The molecule has 0 saturated carbocycles. The Balaban J connectivity index is 2.78. The lowest BCUT2D eigenvalue weighted by Gasteiger charge is -2.06. The lowest BCUT2D eigenvalue weighted by molar-refractivity contribution is 0.573. The molecule has 1 rings (SSSR count). The summed E-state index contributed by atoms with van der Waals surface area (Å²) in [5.41, 5.74) is 0. The van der Waals surface area contributed by atoms with E-state index >= 15 is 0 Å². The van der Waals surface area contributed by atoms with Crippen LogP contribution < -0.4 is 4.72 Å². The average Bonchev–Trinajstić information content (AvgIpc) is 2.68. The second kappa shape index (κ2) is 5.65. The molecule has 0 fully saturated rings. The highest BCUT2D eigenvalue weighted by Crippen LogP contribution is 2.13. The molecule has 92 valence electrons. The van der Waals surface area contributed by atoms with Crippen LogP contribution in [0, 0.1) is 0 Å². The number of hydrogen-bond donors (Lipinski definition) is 1.